The predicted octanol–water partition coefficient (Wildman–Crippen LogP) is 0.327. The molecular formula is C24H29N3O6. The maximum absolute atomic E-state index is 13.2. The number of amides is 1. The lowest BCUT2D eigenvalue weighted by molar-refractivity contribution is -0.0805. The van der Waals surface area contributed by atoms with Gasteiger partial charge in [-0.2, -0.15) is 0 Å². The number of carbonyl (C=O) groups is 1. The first-order chi connectivity index (χ1) is 15.6. The summed E-state index contributed by atoms with van der Waals surface area (Å²) >= 11 is 0. The number of fused-ring (bicyclic) bond motifs is 1. The average Bonchev–Trinajstić information content (AvgIpc) is 2.80. The zero-order chi connectivity index (χ0) is 24.3. The lowest BCUT2D eigenvalue weighted by atomic mass is 10.1. The van der Waals surface area contributed by atoms with Crippen molar-refractivity contribution in [3.63, 3.8) is 0 Å². The van der Waals surface area contributed by atoms with Crippen LogP contribution in [0.5, 0.6) is 0 Å². The molecule has 0 spiro atoms. The molecule has 0 aliphatic heterocycles. The van der Waals surface area contributed by atoms with E-state index in [4.69, 9.17) is 5.11 Å². The van der Waals surface area contributed by atoms with Gasteiger partial charge in [-0.25, -0.2) is 4.98 Å². The number of rotatable bonds is 8. The average molecular weight is 456 g/mol. The van der Waals surface area contributed by atoms with E-state index in [0.717, 1.165) is 26.8 Å². The van der Waals surface area contributed by atoms with Gasteiger partial charge in [0.15, 0.2) is 5.69 Å². The monoisotopic (exact) mass is 455 g/mol. The molecule has 1 heterocycles. The molecule has 1 amide bonds. The van der Waals surface area contributed by atoms with Crippen LogP contribution in [-0.2, 0) is 13.1 Å². The van der Waals surface area contributed by atoms with Gasteiger partial charge in [0.1, 0.15) is 18.3 Å². The third kappa shape index (κ3) is 5.45. The summed E-state index contributed by atoms with van der Waals surface area (Å²) < 4.78 is 1.16. The summed E-state index contributed by atoms with van der Waals surface area (Å²) in [4.78, 5) is 30.4. The fraction of sp³-hybridized carbons (Fsp3) is 0.375. The second kappa shape index (κ2) is 10.2. The molecule has 9 heteroatoms. The number of aliphatic hydroxyl groups excluding tert-OH is 4. The van der Waals surface area contributed by atoms with Crippen molar-refractivity contribution >= 4 is 16.9 Å². The molecular weight excluding hydrogens is 426 g/mol. The van der Waals surface area contributed by atoms with Crippen LogP contribution in [0.2, 0.25) is 0 Å². The number of hydrogen-bond acceptors (Lipinski definition) is 7. The molecule has 33 heavy (non-hydrogen) atoms. The third-order valence-electron chi connectivity index (χ3n) is 5.70. The van der Waals surface area contributed by atoms with E-state index in [1.54, 1.807) is 12.1 Å². The van der Waals surface area contributed by atoms with E-state index in [-0.39, 0.29) is 12.2 Å². The van der Waals surface area contributed by atoms with Crippen molar-refractivity contribution < 1.29 is 25.2 Å². The molecule has 5 N–H and O–H groups in total. The Morgan fingerprint density at radius 1 is 1.03 bits per heavy atom. The number of aliphatic hydroxyl groups is 4. The highest BCUT2D eigenvalue weighted by atomic mass is 16.4. The zero-order valence-corrected chi connectivity index (χ0v) is 18.8. The first-order valence-electron chi connectivity index (χ1n) is 10.6. The van der Waals surface area contributed by atoms with Gasteiger partial charge in [0.05, 0.1) is 24.2 Å². The van der Waals surface area contributed by atoms with Gasteiger partial charge in [-0.1, -0.05) is 29.8 Å². The van der Waals surface area contributed by atoms with Crippen LogP contribution >= 0.6 is 0 Å². The van der Waals surface area contributed by atoms with Gasteiger partial charge < -0.3 is 30.3 Å². The van der Waals surface area contributed by atoms with Crippen molar-refractivity contribution in [1.82, 2.24) is 14.9 Å². The topological polar surface area (TPSA) is 145 Å². The first-order valence-corrected chi connectivity index (χ1v) is 10.6. The van der Waals surface area contributed by atoms with Gasteiger partial charge >= 0.3 is 0 Å². The minimum atomic E-state index is -1.68. The fourth-order valence-electron chi connectivity index (χ4n) is 3.46. The van der Waals surface area contributed by atoms with E-state index in [9.17, 15) is 24.9 Å². The van der Waals surface area contributed by atoms with Crippen LogP contribution in [0.4, 0.5) is 0 Å². The molecule has 1 aromatic heterocycles. The number of hydrogen-bond donors (Lipinski definition) is 5. The summed E-state index contributed by atoms with van der Waals surface area (Å²) in [5.41, 5.74) is 3.39. The number of benzene rings is 2. The van der Waals surface area contributed by atoms with Gasteiger partial charge in [-0.15, -0.1) is 0 Å². The molecule has 9 nitrogen and oxygen atoms in total. The van der Waals surface area contributed by atoms with E-state index < -0.39 is 42.9 Å². The number of aromatic nitrogens is 2. The van der Waals surface area contributed by atoms with Gasteiger partial charge in [0, 0.05) is 6.54 Å². The molecule has 0 fully saturated rings. The van der Waals surface area contributed by atoms with Crippen molar-refractivity contribution in [1.29, 1.82) is 0 Å². The van der Waals surface area contributed by atoms with Gasteiger partial charge in [-0.05, 0) is 49.6 Å². The highest BCUT2D eigenvalue weighted by Gasteiger charge is 2.27. The van der Waals surface area contributed by atoms with Gasteiger partial charge in [-0.3, -0.25) is 9.59 Å². The molecule has 3 atom stereocenters. The highest BCUT2D eigenvalue weighted by Crippen LogP contribution is 2.18. The Morgan fingerprint density at radius 3 is 2.30 bits per heavy atom. The maximum Gasteiger partial charge on any atom is 0.282 e. The van der Waals surface area contributed by atoms with Crippen LogP contribution in [0.15, 0.2) is 41.2 Å². The second-order valence-electron chi connectivity index (χ2n) is 8.28. The molecule has 176 valence electrons. The van der Waals surface area contributed by atoms with Crippen molar-refractivity contribution in [2.75, 3.05) is 6.61 Å². The van der Waals surface area contributed by atoms with Crippen molar-refractivity contribution in [3.8, 4) is 0 Å². The molecule has 3 rings (SSSR count). The summed E-state index contributed by atoms with van der Waals surface area (Å²) in [5, 5.41) is 41.8. The number of nitrogens with zero attached hydrogens (tertiary/aromatic N) is 2. The normalized spacial score (nSPS) is 14.2. The van der Waals surface area contributed by atoms with E-state index in [1.807, 2.05) is 45.0 Å². The Balaban J connectivity index is 2.00. The van der Waals surface area contributed by atoms with E-state index >= 15 is 0 Å². The summed E-state index contributed by atoms with van der Waals surface area (Å²) in [6.07, 6.45) is -4.83. The fourth-order valence-corrected chi connectivity index (χ4v) is 3.46. The van der Waals surface area contributed by atoms with E-state index in [0.29, 0.717) is 11.0 Å². The number of carbonyl (C=O) groups excluding carboxylic acids is 1. The van der Waals surface area contributed by atoms with Gasteiger partial charge in [0.25, 0.3) is 11.5 Å². The molecule has 0 bridgehead atoms. The largest absolute Gasteiger partial charge is 0.394 e. The van der Waals surface area contributed by atoms with Crippen LogP contribution in [0.3, 0.4) is 0 Å². The smallest absolute Gasteiger partial charge is 0.282 e. The van der Waals surface area contributed by atoms with Crippen molar-refractivity contribution in [3.05, 3.63) is 74.7 Å². The van der Waals surface area contributed by atoms with Crippen LogP contribution in [0.1, 0.15) is 32.7 Å². The Bertz CT molecular complexity index is 1210. The van der Waals surface area contributed by atoms with Crippen LogP contribution < -0.4 is 10.9 Å². The maximum atomic E-state index is 13.2. The minimum Gasteiger partial charge on any atom is -0.394 e. The van der Waals surface area contributed by atoms with Crippen LogP contribution in [0.25, 0.3) is 11.0 Å². The molecule has 3 unspecified atom stereocenters. The quantitative estimate of drug-likeness (QED) is 0.329. The zero-order valence-electron chi connectivity index (χ0n) is 18.8. The lowest BCUT2D eigenvalue weighted by Gasteiger charge is -2.23. The standard InChI is InChI=1S/C24H29N3O6/c1-13-4-6-16(7-5-13)10-25-23(32)21-24(33)27(11-19(29)22(31)20(30)12-28)18-9-15(3)14(2)8-17(18)26-21/h4-9,19-20,22,28-31H,10-12H2,1-3H3,(H,25,32). The Labute approximate surface area is 191 Å². The van der Waals surface area contributed by atoms with Crippen molar-refractivity contribution in [2.45, 2.75) is 52.2 Å². The lowest BCUT2D eigenvalue weighted by Crippen LogP contribution is -2.44. The van der Waals surface area contributed by atoms with E-state index in [1.165, 1.54) is 0 Å². The Morgan fingerprint density at radius 2 is 1.67 bits per heavy atom. The third-order valence-corrected chi connectivity index (χ3v) is 5.70. The molecule has 0 aliphatic rings. The SMILES string of the molecule is Cc1ccc(CNC(=O)c2nc3cc(C)c(C)cc3n(CC(O)C(O)C(O)CO)c2=O)cc1. The molecule has 0 saturated carbocycles. The summed E-state index contributed by atoms with van der Waals surface area (Å²) in [6.45, 7) is 4.73. The van der Waals surface area contributed by atoms with Crippen molar-refractivity contribution in [2.24, 2.45) is 0 Å². The number of nitrogens with one attached hydrogen (secondary N) is 1. The highest BCUT2D eigenvalue weighted by molar-refractivity contribution is 5.94. The summed E-state index contributed by atoms with van der Waals surface area (Å²) in [7, 11) is 0. The summed E-state index contributed by atoms with van der Waals surface area (Å²) in [6, 6.07) is 11.0. The molecule has 3 aromatic rings. The second-order valence-corrected chi connectivity index (χ2v) is 8.28. The van der Waals surface area contributed by atoms with E-state index in [2.05, 4.69) is 10.3 Å². The van der Waals surface area contributed by atoms with Crippen LogP contribution in [0, 0.1) is 20.8 Å². The Kier molecular flexibility index (Phi) is 7.60. The predicted molar refractivity (Wildman–Crippen MR) is 123 cm³/mol. The Hall–Kier alpha value is -3.11. The minimum absolute atomic E-state index is 0.204. The first kappa shape index (κ1) is 24.5. The number of aryl methyl sites for hydroxylation is 3. The van der Waals surface area contributed by atoms with Gasteiger partial charge in [0.2, 0.25) is 0 Å². The molecule has 0 saturated heterocycles. The summed E-state index contributed by atoms with van der Waals surface area (Å²) in [5.74, 6) is -0.667. The van der Waals surface area contributed by atoms with Crippen LogP contribution in [-0.4, -0.2) is 60.8 Å². The molecule has 2 aromatic carbocycles. The molecule has 0 radical (unpaired) electrons. The molecule has 0 aliphatic carbocycles.